The SMILES string of the molecule is CC1CC(C(=O)Nc2ccc(C(C)O)cc2)CO1. The van der Waals surface area contributed by atoms with Gasteiger partial charge in [0.25, 0.3) is 0 Å². The number of amides is 1. The number of ether oxygens (including phenoxy) is 1. The number of aliphatic hydroxyl groups excluding tert-OH is 1. The van der Waals surface area contributed by atoms with Crippen LogP contribution in [0.5, 0.6) is 0 Å². The molecule has 1 aliphatic heterocycles. The Kier molecular flexibility index (Phi) is 3.99. The van der Waals surface area contributed by atoms with Crippen LogP contribution in [0.1, 0.15) is 31.9 Å². The van der Waals surface area contributed by atoms with Crippen LogP contribution in [0, 0.1) is 5.92 Å². The van der Waals surface area contributed by atoms with Crippen LogP contribution in [0.15, 0.2) is 24.3 Å². The molecule has 2 N–H and O–H groups in total. The highest BCUT2D eigenvalue weighted by molar-refractivity contribution is 5.92. The number of rotatable bonds is 3. The van der Waals surface area contributed by atoms with Gasteiger partial charge >= 0.3 is 0 Å². The van der Waals surface area contributed by atoms with Gasteiger partial charge in [-0.3, -0.25) is 4.79 Å². The summed E-state index contributed by atoms with van der Waals surface area (Å²) in [5.74, 6) is -0.0550. The van der Waals surface area contributed by atoms with E-state index in [1.165, 1.54) is 0 Å². The fourth-order valence-corrected chi connectivity index (χ4v) is 2.09. The largest absolute Gasteiger partial charge is 0.389 e. The minimum atomic E-state index is -0.487. The van der Waals surface area contributed by atoms with Crippen molar-refractivity contribution in [2.45, 2.75) is 32.5 Å². The second-order valence-electron chi connectivity index (χ2n) is 4.86. The minimum Gasteiger partial charge on any atom is -0.389 e. The Morgan fingerprint density at radius 1 is 1.44 bits per heavy atom. The quantitative estimate of drug-likeness (QED) is 0.862. The Morgan fingerprint density at radius 2 is 2.11 bits per heavy atom. The molecule has 1 fully saturated rings. The molecule has 3 atom stereocenters. The third-order valence-corrected chi connectivity index (χ3v) is 3.23. The molecular formula is C14H19NO3. The lowest BCUT2D eigenvalue weighted by atomic mass is 10.1. The van der Waals surface area contributed by atoms with Gasteiger partial charge in [-0.1, -0.05) is 12.1 Å². The maximum Gasteiger partial charge on any atom is 0.229 e. The molecule has 0 bridgehead atoms. The highest BCUT2D eigenvalue weighted by Crippen LogP contribution is 2.21. The number of nitrogens with one attached hydrogen (secondary N) is 1. The molecule has 1 amide bonds. The number of benzene rings is 1. The lowest BCUT2D eigenvalue weighted by molar-refractivity contribution is -0.119. The van der Waals surface area contributed by atoms with Gasteiger partial charge in [0.2, 0.25) is 5.91 Å². The molecule has 0 aliphatic carbocycles. The van der Waals surface area contributed by atoms with Crippen molar-refractivity contribution in [1.29, 1.82) is 0 Å². The van der Waals surface area contributed by atoms with Gasteiger partial charge in [-0.25, -0.2) is 0 Å². The van der Waals surface area contributed by atoms with E-state index in [2.05, 4.69) is 5.32 Å². The molecule has 1 aromatic rings. The Bertz CT molecular complexity index is 414. The molecular weight excluding hydrogens is 230 g/mol. The first-order chi connectivity index (χ1) is 8.56. The van der Waals surface area contributed by atoms with Crippen molar-refractivity contribution in [2.24, 2.45) is 5.92 Å². The normalized spacial score (nSPS) is 24.8. The van der Waals surface area contributed by atoms with Gasteiger partial charge in [-0.2, -0.15) is 0 Å². The van der Waals surface area contributed by atoms with E-state index >= 15 is 0 Å². The number of carbonyl (C=O) groups is 1. The van der Waals surface area contributed by atoms with Gasteiger partial charge in [-0.05, 0) is 38.0 Å². The zero-order valence-corrected chi connectivity index (χ0v) is 10.7. The molecule has 3 unspecified atom stereocenters. The fourth-order valence-electron chi connectivity index (χ4n) is 2.09. The molecule has 1 saturated heterocycles. The van der Waals surface area contributed by atoms with Crippen molar-refractivity contribution in [1.82, 2.24) is 0 Å². The van der Waals surface area contributed by atoms with Crippen molar-refractivity contribution in [3.8, 4) is 0 Å². The maximum absolute atomic E-state index is 11.9. The molecule has 0 radical (unpaired) electrons. The summed E-state index contributed by atoms with van der Waals surface area (Å²) in [7, 11) is 0. The first-order valence-electron chi connectivity index (χ1n) is 6.26. The summed E-state index contributed by atoms with van der Waals surface area (Å²) in [6.07, 6.45) is 0.453. The Morgan fingerprint density at radius 3 is 2.61 bits per heavy atom. The van der Waals surface area contributed by atoms with E-state index in [0.717, 1.165) is 17.7 Å². The molecule has 2 rings (SSSR count). The maximum atomic E-state index is 11.9. The van der Waals surface area contributed by atoms with Gasteiger partial charge in [0.1, 0.15) is 0 Å². The Balaban J connectivity index is 1.95. The summed E-state index contributed by atoms with van der Waals surface area (Å²) < 4.78 is 5.38. The average Bonchev–Trinajstić information content (AvgIpc) is 2.76. The summed E-state index contributed by atoms with van der Waals surface area (Å²) in [4.78, 5) is 11.9. The third-order valence-electron chi connectivity index (χ3n) is 3.23. The monoisotopic (exact) mass is 249 g/mol. The van der Waals surface area contributed by atoms with Crippen LogP contribution < -0.4 is 5.32 Å². The van der Waals surface area contributed by atoms with Gasteiger partial charge < -0.3 is 15.2 Å². The van der Waals surface area contributed by atoms with Crippen molar-refractivity contribution >= 4 is 11.6 Å². The number of carbonyl (C=O) groups excluding carboxylic acids is 1. The van der Waals surface area contributed by atoms with Crippen LogP contribution in [0.25, 0.3) is 0 Å². The fraction of sp³-hybridized carbons (Fsp3) is 0.500. The summed E-state index contributed by atoms with van der Waals surface area (Å²) in [5.41, 5.74) is 1.59. The molecule has 0 spiro atoms. The summed E-state index contributed by atoms with van der Waals surface area (Å²) in [6, 6.07) is 7.24. The highest BCUT2D eigenvalue weighted by Gasteiger charge is 2.28. The smallest absolute Gasteiger partial charge is 0.229 e. The second-order valence-corrected chi connectivity index (χ2v) is 4.86. The Labute approximate surface area is 107 Å². The van der Waals surface area contributed by atoms with Crippen molar-refractivity contribution in [2.75, 3.05) is 11.9 Å². The highest BCUT2D eigenvalue weighted by atomic mass is 16.5. The van der Waals surface area contributed by atoms with Crippen LogP contribution in [-0.2, 0) is 9.53 Å². The number of hydrogen-bond donors (Lipinski definition) is 2. The molecule has 0 aromatic heterocycles. The molecule has 1 aliphatic rings. The van der Waals surface area contributed by atoms with Crippen LogP contribution in [0.4, 0.5) is 5.69 Å². The molecule has 4 heteroatoms. The predicted octanol–water partition coefficient (Wildman–Crippen LogP) is 2.10. The molecule has 18 heavy (non-hydrogen) atoms. The first-order valence-corrected chi connectivity index (χ1v) is 6.26. The van der Waals surface area contributed by atoms with Crippen molar-refractivity contribution < 1.29 is 14.6 Å². The van der Waals surface area contributed by atoms with E-state index in [9.17, 15) is 9.90 Å². The van der Waals surface area contributed by atoms with E-state index in [1.54, 1.807) is 19.1 Å². The van der Waals surface area contributed by atoms with Gasteiger partial charge in [0.05, 0.1) is 24.7 Å². The van der Waals surface area contributed by atoms with Gasteiger partial charge in [-0.15, -0.1) is 0 Å². The van der Waals surface area contributed by atoms with Crippen LogP contribution >= 0.6 is 0 Å². The first kappa shape index (κ1) is 13.1. The minimum absolute atomic E-state index is 0.00384. The van der Waals surface area contributed by atoms with Crippen LogP contribution in [0.2, 0.25) is 0 Å². The summed E-state index contributed by atoms with van der Waals surface area (Å²) in [6.45, 7) is 4.19. The van der Waals surface area contributed by atoms with E-state index in [1.807, 2.05) is 19.1 Å². The summed E-state index contributed by atoms with van der Waals surface area (Å²) in [5, 5.41) is 12.3. The third kappa shape index (κ3) is 3.09. The second kappa shape index (κ2) is 5.50. The number of aliphatic hydroxyl groups is 1. The predicted molar refractivity (Wildman–Crippen MR) is 69.2 cm³/mol. The number of hydrogen-bond acceptors (Lipinski definition) is 3. The molecule has 0 saturated carbocycles. The Hall–Kier alpha value is -1.39. The van der Waals surface area contributed by atoms with Gasteiger partial charge in [0, 0.05) is 5.69 Å². The number of anilines is 1. The van der Waals surface area contributed by atoms with Crippen LogP contribution in [0.3, 0.4) is 0 Å². The van der Waals surface area contributed by atoms with Crippen LogP contribution in [-0.4, -0.2) is 23.7 Å². The van der Waals surface area contributed by atoms with E-state index in [4.69, 9.17) is 4.74 Å². The van der Waals surface area contributed by atoms with Gasteiger partial charge in [0.15, 0.2) is 0 Å². The van der Waals surface area contributed by atoms with E-state index in [0.29, 0.717) is 6.61 Å². The molecule has 98 valence electrons. The topological polar surface area (TPSA) is 58.6 Å². The lowest BCUT2D eigenvalue weighted by Crippen LogP contribution is -2.23. The van der Waals surface area contributed by atoms with Crippen molar-refractivity contribution in [3.05, 3.63) is 29.8 Å². The van der Waals surface area contributed by atoms with Crippen molar-refractivity contribution in [3.63, 3.8) is 0 Å². The molecule has 1 heterocycles. The molecule has 4 nitrogen and oxygen atoms in total. The average molecular weight is 249 g/mol. The zero-order chi connectivity index (χ0) is 13.1. The standard InChI is InChI=1S/C14H19NO3/c1-9-7-12(8-18-9)14(17)15-13-5-3-11(4-6-13)10(2)16/h3-6,9-10,12,16H,7-8H2,1-2H3,(H,15,17). The zero-order valence-electron chi connectivity index (χ0n) is 10.7. The summed E-state index contributed by atoms with van der Waals surface area (Å²) >= 11 is 0. The van der Waals surface area contributed by atoms with E-state index in [-0.39, 0.29) is 17.9 Å². The lowest BCUT2D eigenvalue weighted by Gasteiger charge is -2.10. The molecule has 1 aromatic carbocycles. The van der Waals surface area contributed by atoms with E-state index < -0.39 is 6.10 Å².